The molecule has 0 aromatic carbocycles. The summed E-state index contributed by atoms with van der Waals surface area (Å²) in [6.45, 7) is 6.34. The largest absolute Gasteiger partial charge is 0.394 e. The van der Waals surface area contributed by atoms with Crippen molar-refractivity contribution in [2.24, 2.45) is 0 Å². The normalized spacial score (nSPS) is 13.0. The van der Waals surface area contributed by atoms with Gasteiger partial charge >= 0.3 is 0 Å². The first-order valence-corrected chi connectivity index (χ1v) is 6.72. The Labute approximate surface area is 97.6 Å². The minimum Gasteiger partial charge on any atom is -0.394 e. The quantitative estimate of drug-likeness (QED) is 0.515. The molecule has 0 heterocycles. The van der Waals surface area contributed by atoms with Gasteiger partial charge in [0, 0.05) is 18.7 Å². The van der Waals surface area contributed by atoms with E-state index in [1.165, 1.54) is 0 Å². The fourth-order valence-electron chi connectivity index (χ4n) is 0.987. The van der Waals surface area contributed by atoms with Crippen molar-refractivity contribution in [3.05, 3.63) is 0 Å². The van der Waals surface area contributed by atoms with E-state index < -0.39 is 15.7 Å². The molecule has 0 aromatic rings. The van der Waals surface area contributed by atoms with Gasteiger partial charge in [0.1, 0.15) is 0 Å². The molecule has 0 atom stereocenters. The molecule has 0 fully saturated rings. The number of ether oxygens (including phenoxy) is 1. The van der Waals surface area contributed by atoms with Crippen LogP contribution in [0.25, 0.3) is 0 Å². The summed E-state index contributed by atoms with van der Waals surface area (Å²) < 4.78 is 32.7. The van der Waals surface area contributed by atoms with Gasteiger partial charge in [-0.15, -0.1) is 0 Å². The van der Waals surface area contributed by atoms with Crippen molar-refractivity contribution in [1.82, 2.24) is 9.44 Å². The van der Waals surface area contributed by atoms with Crippen LogP contribution in [0.15, 0.2) is 0 Å². The van der Waals surface area contributed by atoms with Crippen molar-refractivity contribution in [3.8, 4) is 0 Å². The molecule has 0 aliphatic carbocycles. The zero-order valence-electron chi connectivity index (χ0n) is 10.1. The van der Waals surface area contributed by atoms with Crippen LogP contribution in [0.4, 0.5) is 0 Å². The predicted molar refractivity (Wildman–Crippen MR) is 62.3 cm³/mol. The zero-order chi connectivity index (χ0) is 12.7. The number of aliphatic hydroxyl groups is 1. The number of hydrogen-bond donors (Lipinski definition) is 3. The second-order valence-corrected chi connectivity index (χ2v) is 5.94. The van der Waals surface area contributed by atoms with Crippen molar-refractivity contribution < 1.29 is 18.3 Å². The lowest BCUT2D eigenvalue weighted by atomic mass is 10.1. The van der Waals surface area contributed by atoms with Gasteiger partial charge < -0.3 is 9.84 Å². The van der Waals surface area contributed by atoms with E-state index in [0.717, 1.165) is 0 Å². The molecule has 0 radical (unpaired) electrons. The number of nitrogens with one attached hydrogen (secondary N) is 2. The van der Waals surface area contributed by atoms with Gasteiger partial charge in [-0.2, -0.15) is 13.1 Å². The molecule has 0 saturated carbocycles. The van der Waals surface area contributed by atoms with E-state index in [4.69, 9.17) is 9.84 Å². The highest BCUT2D eigenvalue weighted by atomic mass is 32.2. The highest BCUT2D eigenvalue weighted by Gasteiger charge is 2.18. The Bertz CT molecular complexity index is 272. The molecule has 0 rings (SSSR count). The molecular weight excluding hydrogens is 232 g/mol. The lowest BCUT2D eigenvalue weighted by Crippen LogP contribution is -2.47. The molecule has 0 saturated heterocycles. The molecule has 98 valence electrons. The summed E-state index contributed by atoms with van der Waals surface area (Å²) in [6.07, 6.45) is 0.574. The van der Waals surface area contributed by atoms with Gasteiger partial charge in [-0.05, 0) is 27.2 Å². The average molecular weight is 254 g/mol. The minimum atomic E-state index is -3.44. The summed E-state index contributed by atoms with van der Waals surface area (Å²) in [6, 6.07) is 0. The van der Waals surface area contributed by atoms with E-state index in [1.54, 1.807) is 20.8 Å². The van der Waals surface area contributed by atoms with Crippen molar-refractivity contribution >= 4 is 10.2 Å². The summed E-state index contributed by atoms with van der Waals surface area (Å²) in [4.78, 5) is 0. The Morgan fingerprint density at radius 3 is 2.38 bits per heavy atom. The van der Waals surface area contributed by atoms with Gasteiger partial charge in [0.15, 0.2) is 0 Å². The van der Waals surface area contributed by atoms with Crippen molar-refractivity contribution in [2.75, 3.05) is 26.4 Å². The van der Waals surface area contributed by atoms with Gasteiger partial charge in [-0.1, -0.05) is 0 Å². The third-order valence-corrected chi connectivity index (χ3v) is 2.90. The summed E-state index contributed by atoms with van der Waals surface area (Å²) in [7, 11) is -3.44. The van der Waals surface area contributed by atoms with Gasteiger partial charge in [-0.25, -0.2) is 4.72 Å². The van der Waals surface area contributed by atoms with Crippen molar-refractivity contribution in [3.63, 3.8) is 0 Å². The van der Waals surface area contributed by atoms with Gasteiger partial charge in [0.25, 0.3) is 10.2 Å². The van der Waals surface area contributed by atoms with Crippen LogP contribution in [0.3, 0.4) is 0 Å². The van der Waals surface area contributed by atoms with E-state index in [9.17, 15) is 8.42 Å². The highest BCUT2D eigenvalue weighted by Crippen LogP contribution is 2.00. The van der Waals surface area contributed by atoms with Crippen LogP contribution in [0.2, 0.25) is 0 Å². The van der Waals surface area contributed by atoms with Crippen LogP contribution in [0, 0.1) is 0 Å². The molecule has 7 heteroatoms. The van der Waals surface area contributed by atoms with E-state index in [1.807, 2.05) is 0 Å². The van der Waals surface area contributed by atoms with E-state index in [0.29, 0.717) is 19.6 Å². The number of hydrogen-bond acceptors (Lipinski definition) is 4. The fourth-order valence-corrected chi connectivity index (χ4v) is 2.28. The molecule has 6 nitrogen and oxygen atoms in total. The summed E-state index contributed by atoms with van der Waals surface area (Å²) in [5.74, 6) is 0. The third kappa shape index (κ3) is 10.3. The van der Waals surface area contributed by atoms with Crippen LogP contribution in [-0.2, 0) is 14.9 Å². The molecule has 0 aromatic heterocycles. The van der Waals surface area contributed by atoms with Gasteiger partial charge in [0.2, 0.25) is 0 Å². The van der Waals surface area contributed by atoms with Crippen LogP contribution in [0.1, 0.15) is 27.2 Å². The number of rotatable bonds is 8. The van der Waals surface area contributed by atoms with Crippen LogP contribution in [-0.4, -0.2) is 45.4 Å². The lowest BCUT2D eigenvalue weighted by molar-refractivity contribution is 0.0913. The Balaban J connectivity index is 3.68. The minimum absolute atomic E-state index is 0.0166. The van der Waals surface area contributed by atoms with E-state index >= 15 is 0 Å². The van der Waals surface area contributed by atoms with Gasteiger partial charge in [-0.3, -0.25) is 0 Å². The van der Waals surface area contributed by atoms with E-state index in [2.05, 4.69) is 9.44 Å². The molecule has 0 amide bonds. The fraction of sp³-hybridized carbons (Fsp3) is 1.00. The first kappa shape index (κ1) is 15.8. The topological polar surface area (TPSA) is 87.7 Å². The standard InChI is InChI=1S/C9H22N2O4S/c1-9(2,3)11-16(13,14)10-5-4-7-15-8-6-12/h10-12H,4-8H2,1-3H3. The smallest absolute Gasteiger partial charge is 0.277 e. The van der Waals surface area contributed by atoms with Crippen molar-refractivity contribution in [1.29, 1.82) is 0 Å². The van der Waals surface area contributed by atoms with Crippen LogP contribution >= 0.6 is 0 Å². The zero-order valence-corrected chi connectivity index (χ0v) is 10.9. The SMILES string of the molecule is CC(C)(C)NS(=O)(=O)NCCCOCCO. The predicted octanol–water partition coefficient (Wildman–Crippen LogP) is -0.392. The molecule has 16 heavy (non-hydrogen) atoms. The third-order valence-electron chi connectivity index (χ3n) is 1.43. The maximum Gasteiger partial charge on any atom is 0.277 e. The summed E-state index contributed by atoms with van der Waals surface area (Å²) in [5, 5.41) is 8.43. The first-order valence-electron chi connectivity index (χ1n) is 5.24. The lowest BCUT2D eigenvalue weighted by Gasteiger charge is -2.20. The molecule has 0 unspecified atom stereocenters. The highest BCUT2D eigenvalue weighted by molar-refractivity contribution is 7.87. The second-order valence-electron chi connectivity index (χ2n) is 4.44. The Hall–Kier alpha value is -0.210. The monoisotopic (exact) mass is 254 g/mol. The Kier molecular flexibility index (Phi) is 7.09. The number of aliphatic hydroxyl groups excluding tert-OH is 1. The Morgan fingerprint density at radius 2 is 1.88 bits per heavy atom. The molecular formula is C9H22N2O4S. The van der Waals surface area contributed by atoms with E-state index in [-0.39, 0.29) is 13.2 Å². The van der Waals surface area contributed by atoms with Crippen LogP contribution < -0.4 is 9.44 Å². The summed E-state index contributed by atoms with van der Waals surface area (Å²) >= 11 is 0. The average Bonchev–Trinajstić information content (AvgIpc) is 2.06. The summed E-state index contributed by atoms with van der Waals surface area (Å²) in [5.41, 5.74) is -0.487. The molecule has 0 bridgehead atoms. The van der Waals surface area contributed by atoms with Gasteiger partial charge in [0.05, 0.1) is 13.2 Å². The maximum atomic E-state index is 11.4. The van der Waals surface area contributed by atoms with Crippen molar-refractivity contribution in [2.45, 2.75) is 32.7 Å². The maximum absolute atomic E-state index is 11.4. The molecule has 3 N–H and O–H groups in total. The molecule has 0 spiro atoms. The van der Waals surface area contributed by atoms with Crippen LogP contribution in [0.5, 0.6) is 0 Å². The first-order chi connectivity index (χ1) is 7.27. The molecule has 0 aliphatic rings. The second kappa shape index (κ2) is 7.18. The molecule has 0 aliphatic heterocycles. The Morgan fingerprint density at radius 1 is 1.25 bits per heavy atom.